The molecular weight excluding hydrogens is 261 g/mol. The highest BCUT2D eigenvalue weighted by Gasteiger charge is 2.11. The van der Waals surface area contributed by atoms with Crippen LogP contribution < -0.4 is 11.4 Å². The molecule has 0 atom stereocenters. The van der Waals surface area contributed by atoms with Crippen LogP contribution in [0.4, 0.5) is 4.39 Å². The molecule has 0 fully saturated rings. The molecule has 0 saturated carbocycles. The number of imidazole rings is 1. The van der Waals surface area contributed by atoms with E-state index in [4.69, 9.17) is 5.73 Å². The number of carbonyl (C=O) groups is 1. The normalized spacial score (nSPS) is 11.0. The maximum Gasteiger partial charge on any atom is 0.328 e. The minimum Gasteiger partial charge on any atom is -0.366 e. The lowest BCUT2D eigenvalue weighted by Gasteiger charge is -2.07. The van der Waals surface area contributed by atoms with Crippen LogP contribution in [0.5, 0.6) is 0 Å². The zero-order chi connectivity index (χ0) is 14.9. The number of primary amides is 1. The van der Waals surface area contributed by atoms with Crippen LogP contribution in [0.1, 0.15) is 35.8 Å². The second kappa shape index (κ2) is 5.32. The number of nitrogens with zero attached hydrogens (tertiary/aromatic N) is 2. The van der Waals surface area contributed by atoms with Gasteiger partial charge in [-0.15, -0.1) is 0 Å². The second-order valence-corrected chi connectivity index (χ2v) is 4.88. The van der Waals surface area contributed by atoms with Crippen molar-refractivity contribution in [1.29, 1.82) is 0 Å². The number of aromatic nitrogens is 2. The molecule has 0 unspecified atom stereocenters. The molecular formula is C14H16FN3O2. The van der Waals surface area contributed by atoms with Crippen LogP contribution in [0.25, 0.3) is 0 Å². The van der Waals surface area contributed by atoms with Gasteiger partial charge in [0, 0.05) is 29.6 Å². The highest BCUT2D eigenvalue weighted by molar-refractivity contribution is 5.92. The van der Waals surface area contributed by atoms with Crippen LogP contribution in [0.3, 0.4) is 0 Å². The van der Waals surface area contributed by atoms with Crippen LogP contribution >= 0.6 is 0 Å². The third kappa shape index (κ3) is 2.64. The van der Waals surface area contributed by atoms with Gasteiger partial charge < -0.3 is 5.73 Å². The monoisotopic (exact) mass is 277 g/mol. The molecule has 6 heteroatoms. The van der Waals surface area contributed by atoms with Crippen LogP contribution in [0.2, 0.25) is 0 Å². The number of amides is 1. The Kier molecular flexibility index (Phi) is 3.74. The first kappa shape index (κ1) is 14.0. The molecule has 20 heavy (non-hydrogen) atoms. The molecule has 106 valence electrons. The fourth-order valence-corrected chi connectivity index (χ4v) is 1.97. The van der Waals surface area contributed by atoms with Crippen molar-refractivity contribution in [2.24, 2.45) is 5.73 Å². The van der Waals surface area contributed by atoms with Crippen molar-refractivity contribution in [2.75, 3.05) is 0 Å². The van der Waals surface area contributed by atoms with E-state index in [1.165, 1.54) is 22.8 Å². The van der Waals surface area contributed by atoms with E-state index in [9.17, 15) is 14.0 Å². The Labute approximate surface area is 115 Å². The van der Waals surface area contributed by atoms with Crippen molar-refractivity contribution in [3.63, 3.8) is 0 Å². The topological polar surface area (TPSA) is 70.0 Å². The van der Waals surface area contributed by atoms with Crippen molar-refractivity contribution in [3.05, 3.63) is 58.0 Å². The van der Waals surface area contributed by atoms with Gasteiger partial charge in [0.15, 0.2) is 0 Å². The molecule has 1 amide bonds. The van der Waals surface area contributed by atoms with Crippen LogP contribution in [0, 0.1) is 5.82 Å². The molecule has 2 N–H and O–H groups in total. The van der Waals surface area contributed by atoms with Gasteiger partial charge in [-0.1, -0.05) is 0 Å². The van der Waals surface area contributed by atoms with E-state index in [0.717, 1.165) is 0 Å². The molecule has 2 rings (SSSR count). The Morgan fingerprint density at radius 2 is 2.05 bits per heavy atom. The van der Waals surface area contributed by atoms with Gasteiger partial charge in [0.25, 0.3) is 0 Å². The minimum atomic E-state index is -0.627. The molecule has 0 saturated heterocycles. The average molecular weight is 277 g/mol. The number of nitrogens with two attached hydrogens (primary N) is 1. The molecule has 0 aliphatic heterocycles. The number of rotatable bonds is 4. The zero-order valence-electron chi connectivity index (χ0n) is 11.3. The molecule has 0 spiro atoms. The summed E-state index contributed by atoms with van der Waals surface area (Å²) < 4.78 is 16.7. The predicted octanol–water partition coefficient (Wildman–Crippen LogP) is 1.52. The lowest BCUT2D eigenvalue weighted by molar-refractivity contribution is 0.1000. The van der Waals surface area contributed by atoms with Crippen molar-refractivity contribution >= 4 is 5.91 Å². The number of carbonyl (C=O) groups excluding carboxylic acids is 1. The lowest BCUT2D eigenvalue weighted by atomic mass is 10.1. The third-order valence-electron chi connectivity index (χ3n) is 3.10. The summed E-state index contributed by atoms with van der Waals surface area (Å²) >= 11 is 0. The highest BCUT2D eigenvalue weighted by atomic mass is 19.1. The van der Waals surface area contributed by atoms with Gasteiger partial charge in [0.2, 0.25) is 5.91 Å². The Bertz CT molecular complexity index is 701. The van der Waals surface area contributed by atoms with Crippen LogP contribution in [0.15, 0.2) is 35.4 Å². The molecule has 1 aromatic carbocycles. The van der Waals surface area contributed by atoms with Gasteiger partial charge in [0.05, 0.1) is 6.54 Å². The Morgan fingerprint density at radius 1 is 1.35 bits per heavy atom. The third-order valence-corrected chi connectivity index (χ3v) is 3.10. The summed E-state index contributed by atoms with van der Waals surface area (Å²) in [6.07, 6.45) is 3.25. The smallest absolute Gasteiger partial charge is 0.328 e. The highest BCUT2D eigenvalue weighted by Crippen LogP contribution is 2.12. The second-order valence-electron chi connectivity index (χ2n) is 4.88. The molecule has 0 aliphatic rings. The zero-order valence-corrected chi connectivity index (χ0v) is 11.3. The molecule has 0 aliphatic carbocycles. The quantitative estimate of drug-likeness (QED) is 0.920. The van der Waals surface area contributed by atoms with E-state index < -0.39 is 11.7 Å². The summed E-state index contributed by atoms with van der Waals surface area (Å²) in [5.74, 6) is -1.10. The first-order valence-corrected chi connectivity index (χ1v) is 6.25. The van der Waals surface area contributed by atoms with Gasteiger partial charge in [-0.2, -0.15) is 0 Å². The van der Waals surface area contributed by atoms with E-state index in [2.05, 4.69) is 0 Å². The van der Waals surface area contributed by atoms with E-state index in [1.54, 1.807) is 17.0 Å². The van der Waals surface area contributed by atoms with E-state index >= 15 is 0 Å². The van der Waals surface area contributed by atoms with Crippen molar-refractivity contribution in [1.82, 2.24) is 9.13 Å². The number of halogens is 1. The maximum atomic E-state index is 13.7. The minimum absolute atomic E-state index is 0.0329. The summed E-state index contributed by atoms with van der Waals surface area (Å²) in [6.45, 7) is 3.84. The summed E-state index contributed by atoms with van der Waals surface area (Å²) in [6, 6.07) is 3.91. The molecule has 0 radical (unpaired) electrons. The summed E-state index contributed by atoms with van der Waals surface area (Å²) in [5, 5.41) is 0. The number of benzene rings is 1. The standard InChI is InChI=1S/C14H16FN3O2/c1-9(2)18-6-5-17(14(18)20)8-11-7-10(13(16)19)3-4-12(11)15/h3-7,9H,8H2,1-2H3,(H2,16,19). The van der Waals surface area contributed by atoms with Gasteiger partial charge in [0.1, 0.15) is 5.82 Å². The SMILES string of the molecule is CC(C)n1ccn(Cc2cc(C(N)=O)ccc2F)c1=O. The van der Waals surface area contributed by atoms with Gasteiger partial charge >= 0.3 is 5.69 Å². The van der Waals surface area contributed by atoms with Crippen molar-refractivity contribution in [3.8, 4) is 0 Å². The lowest BCUT2D eigenvalue weighted by Crippen LogP contribution is -2.26. The van der Waals surface area contributed by atoms with Crippen molar-refractivity contribution < 1.29 is 9.18 Å². The first-order valence-electron chi connectivity index (χ1n) is 6.25. The Morgan fingerprint density at radius 3 is 2.60 bits per heavy atom. The predicted molar refractivity (Wildman–Crippen MR) is 73.1 cm³/mol. The summed E-state index contributed by atoms with van der Waals surface area (Å²) in [5.41, 5.74) is 5.42. The van der Waals surface area contributed by atoms with Crippen LogP contribution in [-0.2, 0) is 6.54 Å². The molecule has 5 nitrogen and oxygen atoms in total. The molecule has 0 bridgehead atoms. The Hall–Kier alpha value is -2.37. The summed E-state index contributed by atoms with van der Waals surface area (Å²) in [4.78, 5) is 23.2. The molecule has 1 aromatic heterocycles. The van der Waals surface area contributed by atoms with Crippen molar-refractivity contribution in [2.45, 2.75) is 26.4 Å². The van der Waals surface area contributed by atoms with Crippen LogP contribution in [-0.4, -0.2) is 15.0 Å². The number of hydrogen-bond acceptors (Lipinski definition) is 2. The molecule has 1 heterocycles. The number of hydrogen-bond donors (Lipinski definition) is 1. The largest absolute Gasteiger partial charge is 0.366 e. The first-order chi connectivity index (χ1) is 9.40. The van der Waals surface area contributed by atoms with E-state index in [-0.39, 0.29) is 29.4 Å². The van der Waals surface area contributed by atoms with Gasteiger partial charge in [-0.3, -0.25) is 13.9 Å². The maximum absolute atomic E-state index is 13.7. The summed E-state index contributed by atoms with van der Waals surface area (Å²) in [7, 11) is 0. The fraction of sp³-hybridized carbons (Fsp3) is 0.286. The fourth-order valence-electron chi connectivity index (χ4n) is 1.97. The van der Waals surface area contributed by atoms with Gasteiger partial charge in [-0.25, -0.2) is 9.18 Å². The van der Waals surface area contributed by atoms with E-state index in [1.807, 2.05) is 13.8 Å². The molecule has 2 aromatic rings. The average Bonchev–Trinajstić information content (AvgIpc) is 2.73. The Balaban J connectivity index is 2.37. The van der Waals surface area contributed by atoms with Gasteiger partial charge in [-0.05, 0) is 32.0 Å². The van der Waals surface area contributed by atoms with E-state index in [0.29, 0.717) is 0 Å².